The van der Waals surface area contributed by atoms with Gasteiger partial charge >= 0.3 is 0 Å². The van der Waals surface area contributed by atoms with Gasteiger partial charge in [-0.05, 0) is 49.5 Å². The Morgan fingerprint density at radius 1 is 1.36 bits per heavy atom. The van der Waals surface area contributed by atoms with Crippen molar-refractivity contribution in [3.63, 3.8) is 0 Å². The molecule has 1 aliphatic heterocycles. The molecule has 4 N–H and O–H groups in total. The fraction of sp³-hybridized carbons (Fsp3) is 0.500. The summed E-state index contributed by atoms with van der Waals surface area (Å²) in [7, 11) is 3.37. The third kappa shape index (κ3) is 4.79. The SMILES string of the molecule is CNC(=O)CCN(C=O)C(=N)c1ccc(C2CCNCC2)cc1NC. The minimum absolute atomic E-state index is 0.0973. The second kappa shape index (κ2) is 9.17. The van der Waals surface area contributed by atoms with Crippen molar-refractivity contribution in [1.29, 1.82) is 5.41 Å². The molecule has 2 amide bonds. The number of amidine groups is 1. The third-order valence-electron chi connectivity index (χ3n) is 4.65. The number of benzene rings is 1. The van der Waals surface area contributed by atoms with Gasteiger partial charge in [-0.3, -0.25) is 19.9 Å². The lowest BCUT2D eigenvalue weighted by Crippen LogP contribution is -2.34. The lowest BCUT2D eigenvalue weighted by Gasteiger charge is -2.25. The lowest BCUT2D eigenvalue weighted by atomic mass is 9.89. The maximum absolute atomic E-state index is 11.4. The van der Waals surface area contributed by atoms with Crippen LogP contribution in [0, 0.1) is 5.41 Å². The molecular formula is C18H27N5O2. The van der Waals surface area contributed by atoms with Gasteiger partial charge in [0.2, 0.25) is 12.3 Å². The average molecular weight is 345 g/mol. The molecule has 2 rings (SSSR count). The van der Waals surface area contributed by atoms with Crippen molar-refractivity contribution >= 4 is 23.8 Å². The van der Waals surface area contributed by atoms with Gasteiger partial charge in [0.05, 0.1) is 0 Å². The maximum Gasteiger partial charge on any atom is 0.221 e. The van der Waals surface area contributed by atoms with Crippen LogP contribution in [0.4, 0.5) is 5.69 Å². The first-order chi connectivity index (χ1) is 12.1. The zero-order valence-electron chi connectivity index (χ0n) is 14.9. The number of hydrogen-bond acceptors (Lipinski definition) is 5. The highest BCUT2D eigenvalue weighted by atomic mass is 16.2. The number of anilines is 1. The number of carbonyl (C=O) groups is 2. The van der Waals surface area contributed by atoms with Crippen molar-refractivity contribution in [3.8, 4) is 0 Å². The van der Waals surface area contributed by atoms with Gasteiger partial charge in [0, 0.05) is 38.3 Å². The Bertz CT molecular complexity index is 626. The molecule has 0 radical (unpaired) electrons. The van der Waals surface area contributed by atoms with E-state index in [1.54, 1.807) is 7.05 Å². The van der Waals surface area contributed by atoms with Crippen molar-refractivity contribution in [1.82, 2.24) is 15.5 Å². The van der Waals surface area contributed by atoms with Gasteiger partial charge in [0.15, 0.2) is 0 Å². The van der Waals surface area contributed by atoms with Gasteiger partial charge in [-0.15, -0.1) is 0 Å². The van der Waals surface area contributed by atoms with Gasteiger partial charge in [0.1, 0.15) is 5.84 Å². The van der Waals surface area contributed by atoms with Crippen LogP contribution in [0.15, 0.2) is 18.2 Å². The standard InChI is InChI=1S/C18H27N5O2/c1-20-16-11-14(13-5-8-22-9-6-13)3-4-15(16)18(19)23(12-24)10-7-17(25)21-2/h3-4,11-13,19-20,22H,5-10H2,1-2H3,(H,21,25). The molecule has 0 spiro atoms. The molecule has 1 aromatic rings. The summed E-state index contributed by atoms with van der Waals surface area (Å²) in [6.45, 7) is 2.23. The molecule has 0 aromatic heterocycles. The minimum atomic E-state index is -0.158. The van der Waals surface area contributed by atoms with Crippen LogP contribution in [0.5, 0.6) is 0 Å². The van der Waals surface area contributed by atoms with Crippen LogP contribution < -0.4 is 16.0 Å². The summed E-state index contributed by atoms with van der Waals surface area (Å²) >= 11 is 0. The van der Waals surface area contributed by atoms with E-state index in [1.165, 1.54) is 10.5 Å². The summed E-state index contributed by atoms with van der Waals surface area (Å²) in [6.07, 6.45) is 2.98. The molecule has 136 valence electrons. The van der Waals surface area contributed by atoms with Crippen LogP contribution in [0.2, 0.25) is 0 Å². The number of amides is 2. The largest absolute Gasteiger partial charge is 0.388 e. The van der Waals surface area contributed by atoms with E-state index in [-0.39, 0.29) is 24.7 Å². The average Bonchev–Trinajstić information content (AvgIpc) is 2.68. The van der Waals surface area contributed by atoms with Crippen LogP contribution in [0.3, 0.4) is 0 Å². The Hall–Kier alpha value is -2.41. The Labute approximate surface area is 148 Å². The van der Waals surface area contributed by atoms with Gasteiger partial charge in [0.25, 0.3) is 0 Å². The molecule has 7 nitrogen and oxygen atoms in total. The first-order valence-corrected chi connectivity index (χ1v) is 8.64. The number of rotatable bonds is 7. The van der Waals surface area contributed by atoms with E-state index in [4.69, 9.17) is 5.41 Å². The normalized spacial score (nSPS) is 14.6. The monoisotopic (exact) mass is 345 g/mol. The molecule has 1 saturated heterocycles. The fourth-order valence-electron chi connectivity index (χ4n) is 3.10. The second-order valence-corrected chi connectivity index (χ2v) is 6.15. The summed E-state index contributed by atoms with van der Waals surface area (Å²) in [5.41, 5.74) is 2.74. The molecule has 7 heteroatoms. The van der Waals surface area contributed by atoms with Crippen molar-refractivity contribution in [2.75, 3.05) is 39.0 Å². The smallest absolute Gasteiger partial charge is 0.221 e. The number of hydrogen-bond donors (Lipinski definition) is 4. The van der Waals surface area contributed by atoms with E-state index in [2.05, 4.69) is 22.0 Å². The summed E-state index contributed by atoms with van der Waals surface area (Å²) in [5.74, 6) is 0.460. The summed E-state index contributed by atoms with van der Waals surface area (Å²) in [4.78, 5) is 24.0. The highest BCUT2D eigenvalue weighted by molar-refractivity contribution is 6.06. The van der Waals surface area contributed by atoms with Crippen molar-refractivity contribution in [3.05, 3.63) is 29.3 Å². The van der Waals surface area contributed by atoms with Crippen molar-refractivity contribution in [2.45, 2.75) is 25.2 Å². The van der Waals surface area contributed by atoms with Gasteiger partial charge in [-0.1, -0.05) is 6.07 Å². The zero-order valence-corrected chi connectivity index (χ0v) is 14.9. The van der Waals surface area contributed by atoms with Crippen LogP contribution in [0.25, 0.3) is 0 Å². The topological polar surface area (TPSA) is 97.3 Å². The van der Waals surface area contributed by atoms with E-state index in [9.17, 15) is 9.59 Å². The predicted octanol–water partition coefficient (Wildman–Crippen LogP) is 1.12. The number of nitrogens with zero attached hydrogens (tertiary/aromatic N) is 1. The molecule has 1 aliphatic rings. The second-order valence-electron chi connectivity index (χ2n) is 6.15. The number of piperidine rings is 1. The van der Waals surface area contributed by atoms with Crippen LogP contribution in [-0.2, 0) is 9.59 Å². The summed E-state index contributed by atoms with van der Waals surface area (Å²) in [5, 5.41) is 17.4. The molecule has 0 bridgehead atoms. The van der Waals surface area contributed by atoms with Gasteiger partial charge in [-0.2, -0.15) is 0 Å². The molecule has 0 unspecified atom stereocenters. The van der Waals surface area contributed by atoms with E-state index < -0.39 is 0 Å². The first kappa shape index (κ1) is 18.9. The van der Waals surface area contributed by atoms with E-state index in [0.29, 0.717) is 17.9 Å². The Kier molecular flexibility index (Phi) is 6.94. The molecule has 0 atom stereocenters. The molecule has 1 aromatic carbocycles. The van der Waals surface area contributed by atoms with Crippen LogP contribution in [0.1, 0.15) is 36.3 Å². The molecular weight excluding hydrogens is 318 g/mol. The number of nitrogens with one attached hydrogen (secondary N) is 4. The van der Waals surface area contributed by atoms with E-state index in [0.717, 1.165) is 31.6 Å². The Morgan fingerprint density at radius 3 is 2.68 bits per heavy atom. The Balaban J connectivity index is 2.17. The fourth-order valence-corrected chi connectivity index (χ4v) is 3.10. The van der Waals surface area contributed by atoms with E-state index >= 15 is 0 Å². The van der Waals surface area contributed by atoms with Crippen LogP contribution >= 0.6 is 0 Å². The Morgan fingerprint density at radius 2 is 2.08 bits per heavy atom. The lowest BCUT2D eigenvalue weighted by molar-refractivity contribution is -0.121. The molecule has 25 heavy (non-hydrogen) atoms. The molecule has 1 heterocycles. The summed E-state index contributed by atoms with van der Waals surface area (Å²) in [6, 6.07) is 6.01. The van der Waals surface area contributed by atoms with Crippen molar-refractivity contribution in [2.24, 2.45) is 0 Å². The summed E-state index contributed by atoms with van der Waals surface area (Å²) < 4.78 is 0. The minimum Gasteiger partial charge on any atom is -0.388 e. The highest BCUT2D eigenvalue weighted by Crippen LogP contribution is 2.29. The zero-order chi connectivity index (χ0) is 18.2. The quantitative estimate of drug-likeness (QED) is 0.338. The molecule has 1 fully saturated rings. The van der Waals surface area contributed by atoms with E-state index in [1.807, 2.05) is 19.2 Å². The third-order valence-corrected chi connectivity index (χ3v) is 4.65. The molecule has 0 aliphatic carbocycles. The molecule has 0 saturated carbocycles. The maximum atomic E-state index is 11.4. The van der Waals surface area contributed by atoms with Crippen molar-refractivity contribution < 1.29 is 9.59 Å². The number of carbonyl (C=O) groups excluding carboxylic acids is 2. The predicted molar refractivity (Wildman–Crippen MR) is 99.1 cm³/mol. The van der Waals surface area contributed by atoms with Crippen LogP contribution in [-0.4, -0.2) is 56.8 Å². The first-order valence-electron chi connectivity index (χ1n) is 8.64. The highest BCUT2D eigenvalue weighted by Gasteiger charge is 2.19. The van der Waals surface area contributed by atoms with Gasteiger partial charge < -0.3 is 16.0 Å². The van der Waals surface area contributed by atoms with Gasteiger partial charge in [-0.25, -0.2) is 0 Å².